The van der Waals surface area contributed by atoms with Crippen LogP contribution in [0.1, 0.15) is 25.6 Å². The summed E-state index contributed by atoms with van der Waals surface area (Å²) >= 11 is 1.45. The Balaban J connectivity index is 1.70. The number of benzene rings is 1. The lowest BCUT2D eigenvalue weighted by molar-refractivity contribution is -0.145. The summed E-state index contributed by atoms with van der Waals surface area (Å²) < 4.78 is 11.0. The van der Waals surface area contributed by atoms with Gasteiger partial charge in [0, 0.05) is 22.2 Å². The Morgan fingerprint density at radius 2 is 1.83 bits per heavy atom. The van der Waals surface area contributed by atoms with Crippen molar-refractivity contribution in [3.05, 3.63) is 40.6 Å². The Labute approximate surface area is 179 Å². The van der Waals surface area contributed by atoms with Gasteiger partial charge < -0.3 is 25.0 Å². The van der Waals surface area contributed by atoms with Crippen molar-refractivity contribution in [1.82, 2.24) is 10.2 Å². The molecule has 0 aliphatic carbocycles. The summed E-state index contributed by atoms with van der Waals surface area (Å²) in [4.78, 5) is 40.0. The number of carbonyl (C=O) groups excluding carboxylic acids is 3. The molecule has 2 aromatic rings. The van der Waals surface area contributed by atoms with E-state index in [1.165, 1.54) is 16.2 Å². The van der Waals surface area contributed by atoms with Crippen molar-refractivity contribution in [1.29, 1.82) is 0 Å². The van der Waals surface area contributed by atoms with Crippen LogP contribution in [0.4, 0.5) is 5.69 Å². The predicted octanol–water partition coefficient (Wildman–Crippen LogP) is 2.40. The number of thiophene rings is 1. The number of nitrogens with zero attached hydrogens (tertiary/aromatic N) is 1. The fourth-order valence-corrected chi connectivity index (χ4v) is 3.59. The molecule has 0 atom stereocenters. The highest BCUT2D eigenvalue weighted by Gasteiger charge is 2.26. The molecule has 0 radical (unpaired) electrons. The first-order valence-electron chi connectivity index (χ1n) is 9.54. The first-order valence-corrected chi connectivity index (χ1v) is 10.4. The van der Waals surface area contributed by atoms with Gasteiger partial charge in [-0.25, -0.2) is 0 Å². The number of fused-ring (bicyclic) bond motifs is 1. The SMILES string of the molecule is CC(C)(C)NC(=O)CN(Cc1cccs1)C(=O)C(=O)Nc1ccc2c(c1)OCCO2. The van der Waals surface area contributed by atoms with E-state index >= 15 is 0 Å². The lowest BCUT2D eigenvalue weighted by Gasteiger charge is -2.25. The summed E-state index contributed by atoms with van der Waals surface area (Å²) in [6.07, 6.45) is 0. The summed E-state index contributed by atoms with van der Waals surface area (Å²) in [6, 6.07) is 8.62. The van der Waals surface area contributed by atoms with E-state index in [1.54, 1.807) is 18.2 Å². The standard InChI is InChI=1S/C21H25N3O5S/c1-21(2,3)23-18(25)13-24(12-15-5-4-10-30-15)20(27)19(26)22-14-6-7-16-17(11-14)29-9-8-28-16/h4-7,10-11H,8-9,12-13H2,1-3H3,(H,22,26)(H,23,25). The lowest BCUT2D eigenvalue weighted by atomic mass is 10.1. The Hall–Kier alpha value is -3.07. The van der Waals surface area contributed by atoms with E-state index in [4.69, 9.17) is 9.47 Å². The first kappa shape index (κ1) is 21.6. The topological polar surface area (TPSA) is 97.0 Å². The fourth-order valence-electron chi connectivity index (χ4n) is 2.87. The summed E-state index contributed by atoms with van der Waals surface area (Å²) in [7, 11) is 0. The molecule has 3 amide bonds. The van der Waals surface area contributed by atoms with Crippen molar-refractivity contribution < 1.29 is 23.9 Å². The van der Waals surface area contributed by atoms with Crippen LogP contribution in [0.15, 0.2) is 35.7 Å². The molecule has 1 aliphatic rings. The van der Waals surface area contributed by atoms with Crippen LogP contribution < -0.4 is 20.1 Å². The Morgan fingerprint density at radius 3 is 2.50 bits per heavy atom. The Kier molecular flexibility index (Phi) is 6.61. The molecule has 30 heavy (non-hydrogen) atoms. The third-order valence-corrected chi connectivity index (χ3v) is 4.92. The van der Waals surface area contributed by atoms with Gasteiger partial charge in [0.1, 0.15) is 19.8 Å². The van der Waals surface area contributed by atoms with Gasteiger partial charge in [0.2, 0.25) is 5.91 Å². The van der Waals surface area contributed by atoms with Gasteiger partial charge in [-0.2, -0.15) is 0 Å². The summed E-state index contributed by atoms with van der Waals surface area (Å²) in [5.41, 5.74) is -0.0323. The van der Waals surface area contributed by atoms with Crippen molar-refractivity contribution in [3.63, 3.8) is 0 Å². The highest BCUT2D eigenvalue weighted by atomic mass is 32.1. The van der Waals surface area contributed by atoms with Gasteiger partial charge >= 0.3 is 11.8 Å². The van der Waals surface area contributed by atoms with E-state index in [2.05, 4.69) is 10.6 Å². The zero-order chi connectivity index (χ0) is 21.7. The van der Waals surface area contributed by atoms with Crippen molar-refractivity contribution in [2.45, 2.75) is 32.9 Å². The Morgan fingerprint density at radius 1 is 1.10 bits per heavy atom. The van der Waals surface area contributed by atoms with Crippen LogP contribution in [-0.2, 0) is 20.9 Å². The summed E-state index contributed by atoms with van der Waals surface area (Å²) in [5.74, 6) is -0.857. The smallest absolute Gasteiger partial charge is 0.313 e. The fraction of sp³-hybridized carbons (Fsp3) is 0.381. The lowest BCUT2D eigenvalue weighted by Crippen LogP contribution is -2.49. The van der Waals surface area contributed by atoms with E-state index in [1.807, 2.05) is 38.3 Å². The maximum Gasteiger partial charge on any atom is 0.313 e. The van der Waals surface area contributed by atoms with E-state index in [0.717, 1.165) is 4.88 Å². The molecule has 1 aromatic carbocycles. The van der Waals surface area contributed by atoms with E-state index in [0.29, 0.717) is 30.4 Å². The van der Waals surface area contributed by atoms with Crippen LogP contribution in [0.25, 0.3) is 0 Å². The van der Waals surface area contributed by atoms with Crippen molar-refractivity contribution in [2.75, 3.05) is 25.1 Å². The predicted molar refractivity (Wildman–Crippen MR) is 114 cm³/mol. The number of amides is 3. The van der Waals surface area contributed by atoms with Crippen LogP contribution >= 0.6 is 11.3 Å². The molecule has 1 aromatic heterocycles. The second kappa shape index (κ2) is 9.17. The number of nitrogens with one attached hydrogen (secondary N) is 2. The van der Waals surface area contributed by atoms with Gasteiger partial charge in [0.25, 0.3) is 0 Å². The molecule has 0 saturated carbocycles. The number of anilines is 1. The monoisotopic (exact) mass is 431 g/mol. The van der Waals surface area contributed by atoms with Gasteiger partial charge in [0.15, 0.2) is 11.5 Å². The highest BCUT2D eigenvalue weighted by Crippen LogP contribution is 2.32. The number of rotatable bonds is 5. The minimum absolute atomic E-state index is 0.169. The average molecular weight is 432 g/mol. The van der Waals surface area contributed by atoms with Crippen molar-refractivity contribution >= 4 is 34.7 Å². The third-order valence-electron chi connectivity index (χ3n) is 4.06. The van der Waals surface area contributed by atoms with E-state index < -0.39 is 17.4 Å². The number of ether oxygens (including phenoxy) is 2. The zero-order valence-corrected chi connectivity index (χ0v) is 18.0. The molecule has 0 unspecified atom stereocenters. The van der Waals surface area contributed by atoms with Crippen molar-refractivity contribution in [3.8, 4) is 11.5 Å². The molecule has 3 rings (SSSR count). The second-order valence-corrected chi connectivity index (χ2v) is 8.88. The minimum Gasteiger partial charge on any atom is -0.486 e. The van der Waals surface area contributed by atoms with Crippen LogP contribution in [-0.4, -0.2) is 47.9 Å². The van der Waals surface area contributed by atoms with Gasteiger partial charge in [0.05, 0.1) is 6.54 Å². The number of hydrogen-bond donors (Lipinski definition) is 2. The van der Waals surface area contributed by atoms with Crippen molar-refractivity contribution in [2.24, 2.45) is 0 Å². The van der Waals surface area contributed by atoms with E-state index in [-0.39, 0.29) is 19.0 Å². The van der Waals surface area contributed by atoms with Gasteiger partial charge in [-0.3, -0.25) is 14.4 Å². The van der Waals surface area contributed by atoms with E-state index in [9.17, 15) is 14.4 Å². The van der Waals surface area contributed by atoms with Gasteiger partial charge in [-0.15, -0.1) is 11.3 Å². The number of carbonyl (C=O) groups is 3. The minimum atomic E-state index is -0.827. The molecule has 0 bridgehead atoms. The second-order valence-electron chi connectivity index (χ2n) is 7.85. The average Bonchev–Trinajstić information content (AvgIpc) is 3.18. The molecule has 8 nitrogen and oxygen atoms in total. The molecule has 160 valence electrons. The maximum absolute atomic E-state index is 12.8. The number of hydrogen-bond acceptors (Lipinski definition) is 6. The molecular weight excluding hydrogens is 406 g/mol. The molecule has 2 heterocycles. The Bertz CT molecular complexity index is 921. The highest BCUT2D eigenvalue weighted by molar-refractivity contribution is 7.09. The molecule has 0 fully saturated rings. The van der Waals surface area contributed by atoms with Crippen LogP contribution in [0.2, 0.25) is 0 Å². The maximum atomic E-state index is 12.8. The van der Waals surface area contributed by atoms with Gasteiger partial charge in [-0.1, -0.05) is 6.07 Å². The molecule has 0 saturated heterocycles. The summed E-state index contributed by atoms with van der Waals surface area (Å²) in [6.45, 7) is 6.39. The molecule has 0 spiro atoms. The first-order chi connectivity index (χ1) is 14.2. The third kappa shape index (κ3) is 5.96. The molecule has 1 aliphatic heterocycles. The normalized spacial score (nSPS) is 12.8. The molecular formula is C21H25N3O5S. The van der Waals surface area contributed by atoms with Gasteiger partial charge in [-0.05, 0) is 44.4 Å². The zero-order valence-electron chi connectivity index (χ0n) is 17.2. The molecule has 2 N–H and O–H groups in total. The quantitative estimate of drug-likeness (QED) is 0.709. The molecule has 9 heteroatoms. The largest absolute Gasteiger partial charge is 0.486 e. The van der Waals surface area contributed by atoms with Crippen LogP contribution in [0, 0.1) is 0 Å². The van der Waals surface area contributed by atoms with Crippen LogP contribution in [0.3, 0.4) is 0 Å². The summed E-state index contributed by atoms with van der Waals surface area (Å²) in [5, 5.41) is 7.27. The van der Waals surface area contributed by atoms with Crippen LogP contribution in [0.5, 0.6) is 11.5 Å².